The van der Waals surface area contributed by atoms with Gasteiger partial charge in [0.1, 0.15) is 5.82 Å². The van der Waals surface area contributed by atoms with E-state index in [1.165, 1.54) is 23.5 Å². The summed E-state index contributed by atoms with van der Waals surface area (Å²) >= 11 is 1.37. The Kier molecular flexibility index (Phi) is 6.12. The minimum Gasteiger partial charge on any atom is -0.326 e. The van der Waals surface area contributed by atoms with Gasteiger partial charge in [-0.2, -0.15) is 0 Å². The van der Waals surface area contributed by atoms with Crippen molar-refractivity contribution in [2.45, 2.75) is 6.42 Å². The molecule has 2 N–H and O–H groups in total. The van der Waals surface area contributed by atoms with Crippen molar-refractivity contribution in [2.75, 3.05) is 10.6 Å². The highest BCUT2D eigenvalue weighted by atomic mass is 32.1. The molecule has 0 radical (unpaired) electrons. The Morgan fingerprint density at radius 3 is 2.37 bits per heavy atom. The molecule has 0 bridgehead atoms. The van der Waals surface area contributed by atoms with E-state index in [1.54, 1.807) is 54.6 Å². The summed E-state index contributed by atoms with van der Waals surface area (Å²) in [7, 11) is 0. The lowest BCUT2D eigenvalue weighted by Crippen LogP contribution is -2.11. The summed E-state index contributed by atoms with van der Waals surface area (Å²) in [5.74, 6) is -0.657. The second kappa shape index (κ2) is 8.91. The fraction of sp³-hybridized carbons (Fsp3) is 0.0476. The third-order valence-corrected chi connectivity index (χ3v) is 4.50. The van der Waals surface area contributed by atoms with E-state index < -0.39 is 0 Å². The minimum absolute atomic E-state index is 0.163. The van der Waals surface area contributed by atoms with Crippen LogP contribution in [-0.2, 0) is 4.79 Å². The van der Waals surface area contributed by atoms with Crippen LogP contribution in [-0.4, -0.2) is 11.8 Å². The van der Waals surface area contributed by atoms with E-state index in [9.17, 15) is 14.0 Å². The summed E-state index contributed by atoms with van der Waals surface area (Å²) in [6, 6.07) is 16.6. The molecule has 0 saturated carbocycles. The second-order valence-electron chi connectivity index (χ2n) is 5.72. The molecule has 136 valence electrons. The van der Waals surface area contributed by atoms with Gasteiger partial charge in [0.2, 0.25) is 5.91 Å². The van der Waals surface area contributed by atoms with Gasteiger partial charge in [0.05, 0.1) is 4.88 Å². The van der Waals surface area contributed by atoms with Gasteiger partial charge in [-0.15, -0.1) is 11.3 Å². The SMILES string of the molecule is O=C(C/C=C\c1cccc(F)c1)Nc1ccc(NC(=O)c2cccs2)cc1. The largest absolute Gasteiger partial charge is 0.326 e. The van der Waals surface area contributed by atoms with Gasteiger partial charge in [-0.25, -0.2) is 4.39 Å². The van der Waals surface area contributed by atoms with Crippen molar-refractivity contribution in [3.8, 4) is 0 Å². The molecule has 27 heavy (non-hydrogen) atoms. The lowest BCUT2D eigenvalue weighted by atomic mass is 10.2. The van der Waals surface area contributed by atoms with Gasteiger partial charge in [-0.1, -0.05) is 30.4 Å². The monoisotopic (exact) mass is 380 g/mol. The van der Waals surface area contributed by atoms with E-state index in [-0.39, 0.29) is 24.1 Å². The second-order valence-corrected chi connectivity index (χ2v) is 6.67. The zero-order valence-corrected chi connectivity index (χ0v) is 15.1. The summed E-state index contributed by atoms with van der Waals surface area (Å²) in [6.07, 6.45) is 3.55. The number of halogens is 1. The molecular formula is C21H17FN2O2S. The van der Waals surface area contributed by atoms with Gasteiger partial charge in [0.25, 0.3) is 5.91 Å². The van der Waals surface area contributed by atoms with Crippen molar-refractivity contribution in [3.63, 3.8) is 0 Å². The molecule has 0 unspecified atom stereocenters. The van der Waals surface area contributed by atoms with Crippen molar-refractivity contribution in [3.05, 3.63) is 88.4 Å². The van der Waals surface area contributed by atoms with Crippen LogP contribution in [0.15, 0.2) is 72.1 Å². The average molecular weight is 380 g/mol. The lowest BCUT2D eigenvalue weighted by molar-refractivity contribution is -0.115. The molecule has 6 heteroatoms. The topological polar surface area (TPSA) is 58.2 Å². The maximum Gasteiger partial charge on any atom is 0.265 e. The van der Waals surface area contributed by atoms with E-state index in [0.717, 1.165) is 0 Å². The zero-order chi connectivity index (χ0) is 19.1. The number of thiophene rings is 1. The Hall–Kier alpha value is -3.25. The predicted octanol–water partition coefficient (Wildman–Crippen LogP) is 5.18. The van der Waals surface area contributed by atoms with E-state index in [1.807, 2.05) is 11.4 Å². The molecule has 3 aromatic rings. The van der Waals surface area contributed by atoms with Crippen LogP contribution in [0, 0.1) is 5.82 Å². The van der Waals surface area contributed by atoms with Crippen LogP contribution in [0.2, 0.25) is 0 Å². The molecule has 2 amide bonds. The van der Waals surface area contributed by atoms with Gasteiger partial charge in [0, 0.05) is 17.8 Å². The highest BCUT2D eigenvalue weighted by Crippen LogP contribution is 2.16. The van der Waals surface area contributed by atoms with Crippen molar-refractivity contribution >= 4 is 40.6 Å². The zero-order valence-electron chi connectivity index (χ0n) is 14.3. The van der Waals surface area contributed by atoms with Crippen molar-refractivity contribution in [2.24, 2.45) is 0 Å². The molecule has 0 aliphatic heterocycles. The maximum atomic E-state index is 13.1. The smallest absolute Gasteiger partial charge is 0.265 e. The summed E-state index contributed by atoms with van der Waals surface area (Å²) in [4.78, 5) is 24.6. The highest BCUT2D eigenvalue weighted by molar-refractivity contribution is 7.12. The number of rotatable bonds is 6. The first kappa shape index (κ1) is 18.5. The molecule has 0 aliphatic carbocycles. The molecule has 0 fully saturated rings. The molecule has 2 aromatic carbocycles. The van der Waals surface area contributed by atoms with E-state index >= 15 is 0 Å². The third kappa shape index (κ3) is 5.62. The number of hydrogen-bond donors (Lipinski definition) is 2. The van der Waals surface area contributed by atoms with Gasteiger partial charge in [-0.3, -0.25) is 9.59 Å². The van der Waals surface area contributed by atoms with Crippen LogP contribution in [0.25, 0.3) is 6.08 Å². The fourth-order valence-electron chi connectivity index (χ4n) is 2.36. The van der Waals surface area contributed by atoms with Gasteiger partial charge in [-0.05, 0) is 53.4 Å². The Morgan fingerprint density at radius 2 is 1.70 bits per heavy atom. The number of nitrogens with one attached hydrogen (secondary N) is 2. The minimum atomic E-state index is -0.312. The summed E-state index contributed by atoms with van der Waals surface area (Å²) in [5.41, 5.74) is 1.99. The van der Waals surface area contributed by atoms with Crippen molar-refractivity contribution in [1.82, 2.24) is 0 Å². The first-order valence-electron chi connectivity index (χ1n) is 8.27. The first-order chi connectivity index (χ1) is 13.1. The normalized spacial score (nSPS) is 10.7. The Morgan fingerprint density at radius 1 is 0.963 bits per heavy atom. The number of amides is 2. The summed E-state index contributed by atoms with van der Waals surface area (Å²) < 4.78 is 13.1. The van der Waals surface area contributed by atoms with E-state index in [2.05, 4.69) is 10.6 Å². The van der Waals surface area contributed by atoms with E-state index in [4.69, 9.17) is 0 Å². The Balaban J connectivity index is 1.50. The average Bonchev–Trinajstić information content (AvgIpc) is 3.18. The Bertz CT molecular complexity index is 951. The van der Waals surface area contributed by atoms with Crippen molar-refractivity contribution < 1.29 is 14.0 Å². The van der Waals surface area contributed by atoms with Crippen LogP contribution in [0.3, 0.4) is 0 Å². The third-order valence-electron chi connectivity index (χ3n) is 3.63. The molecule has 1 heterocycles. The quantitative estimate of drug-likeness (QED) is 0.619. The summed E-state index contributed by atoms with van der Waals surface area (Å²) in [5, 5.41) is 7.42. The number of hydrogen-bond acceptors (Lipinski definition) is 3. The molecular weight excluding hydrogens is 363 g/mol. The maximum absolute atomic E-state index is 13.1. The molecule has 1 aromatic heterocycles. The molecule has 4 nitrogen and oxygen atoms in total. The van der Waals surface area contributed by atoms with Gasteiger partial charge in [0.15, 0.2) is 0 Å². The predicted molar refractivity (Wildman–Crippen MR) is 107 cm³/mol. The summed E-state index contributed by atoms with van der Waals surface area (Å²) in [6.45, 7) is 0. The number of benzene rings is 2. The molecule has 0 aliphatic rings. The van der Waals surface area contributed by atoms with E-state index in [0.29, 0.717) is 21.8 Å². The van der Waals surface area contributed by atoms with Crippen LogP contribution in [0.5, 0.6) is 0 Å². The molecule has 0 spiro atoms. The number of carbonyl (C=O) groups is 2. The number of carbonyl (C=O) groups excluding carboxylic acids is 2. The van der Waals surface area contributed by atoms with Gasteiger partial charge >= 0.3 is 0 Å². The molecule has 0 saturated heterocycles. The van der Waals surface area contributed by atoms with Crippen LogP contribution >= 0.6 is 11.3 Å². The van der Waals surface area contributed by atoms with Crippen molar-refractivity contribution in [1.29, 1.82) is 0 Å². The first-order valence-corrected chi connectivity index (χ1v) is 9.15. The fourth-order valence-corrected chi connectivity index (χ4v) is 2.98. The lowest BCUT2D eigenvalue weighted by Gasteiger charge is -2.06. The van der Waals surface area contributed by atoms with Gasteiger partial charge < -0.3 is 10.6 Å². The Labute approximate surface area is 160 Å². The molecule has 0 atom stereocenters. The number of anilines is 2. The molecule has 3 rings (SSSR count). The standard InChI is InChI=1S/C21H17FN2O2S/c22-16-6-1-4-15(14-16)5-2-8-20(25)23-17-9-11-18(12-10-17)24-21(26)19-7-3-13-27-19/h1-7,9-14H,8H2,(H,23,25)(H,24,26)/b5-2-. The highest BCUT2D eigenvalue weighted by Gasteiger charge is 2.07. The van der Waals surface area contributed by atoms with Crippen LogP contribution in [0.1, 0.15) is 21.7 Å². The van der Waals surface area contributed by atoms with Crippen LogP contribution in [0.4, 0.5) is 15.8 Å². The van der Waals surface area contributed by atoms with Crippen LogP contribution < -0.4 is 10.6 Å².